The van der Waals surface area contributed by atoms with Crippen molar-refractivity contribution >= 4 is 19.0 Å². The van der Waals surface area contributed by atoms with E-state index in [4.69, 9.17) is 7.85 Å². The fraction of sp³-hybridized carbons (Fsp3) is 0.462. The maximum absolute atomic E-state index is 5.68. The topological polar surface area (TPSA) is 24.9 Å². The van der Waals surface area contributed by atoms with Gasteiger partial charge in [0.15, 0.2) is 0 Å². The Balaban J connectivity index is 1.96. The summed E-state index contributed by atoms with van der Waals surface area (Å²) in [6.45, 7) is 4.12. The number of allylic oxidation sites excluding steroid dienone is 1. The van der Waals surface area contributed by atoms with Gasteiger partial charge in [0.1, 0.15) is 7.85 Å². The average molecular weight is 212 g/mol. The number of rotatable bonds is 3. The van der Waals surface area contributed by atoms with Crippen LogP contribution < -0.4 is 10.8 Å². The second kappa shape index (κ2) is 5.19. The Kier molecular flexibility index (Phi) is 3.65. The van der Waals surface area contributed by atoms with Gasteiger partial charge in [0.2, 0.25) is 0 Å². The van der Waals surface area contributed by atoms with Crippen molar-refractivity contribution in [2.24, 2.45) is 5.92 Å². The molecular formula is C13H17BN2. The van der Waals surface area contributed by atoms with Crippen molar-refractivity contribution in [2.45, 2.75) is 32.1 Å². The lowest BCUT2D eigenvalue weighted by atomic mass is 9.87. The van der Waals surface area contributed by atoms with Crippen LogP contribution in [0.25, 0.3) is 0 Å². The summed E-state index contributed by atoms with van der Waals surface area (Å²) in [4.78, 5) is 4.05. The number of nitrogens with zero attached hydrogens (tertiary/aromatic N) is 1. The molecule has 82 valence electrons. The highest BCUT2D eigenvalue weighted by atomic mass is 14.9. The number of hydrogen-bond acceptors (Lipinski definition) is 2. The Morgan fingerprint density at radius 1 is 1.31 bits per heavy atom. The summed E-state index contributed by atoms with van der Waals surface area (Å²) in [5.74, 6) is 0.607. The molecule has 0 bridgehead atoms. The van der Waals surface area contributed by atoms with Crippen molar-refractivity contribution in [3.05, 3.63) is 30.7 Å². The van der Waals surface area contributed by atoms with Crippen molar-refractivity contribution in [3.8, 4) is 0 Å². The number of pyridine rings is 1. The van der Waals surface area contributed by atoms with E-state index in [9.17, 15) is 0 Å². The van der Waals surface area contributed by atoms with Crippen molar-refractivity contribution < 1.29 is 0 Å². The first kappa shape index (κ1) is 11.2. The van der Waals surface area contributed by atoms with Gasteiger partial charge in [-0.2, -0.15) is 0 Å². The lowest BCUT2D eigenvalue weighted by Crippen LogP contribution is -2.15. The third-order valence-corrected chi connectivity index (χ3v) is 3.16. The molecule has 1 heterocycles. The maximum atomic E-state index is 5.68. The lowest BCUT2D eigenvalue weighted by Gasteiger charge is -2.24. The summed E-state index contributed by atoms with van der Waals surface area (Å²) in [5, 5.41) is 3.32. The molecule has 2 nitrogen and oxygen atoms in total. The molecule has 1 fully saturated rings. The molecule has 16 heavy (non-hydrogen) atoms. The third-order valence-electron chi connectivity index (χ3n) is 3.16. The minimum absolute atomic E-state index is 0.607. The molecule has 2 rings (SSSR count). The van der Waals surface area contributed by atoms with Crippen LogP contribution in [0.3, 0.4) is 0 Å². The molecule has 0 atom stereocenters. The van der Waals surface area contributed by atoms with Crippen LogP contribution in [0.4, 0.5) is 5.69 Å². The molecule has 0 aromatic carbocycles. The molecule has 2 radical (unpaired) electrons. The smallest absolute Gasteiger partial charge is 0.116 e. The van der Waals surface area contributed by atoms with E-state index in [1.54, 1.807) is 12.4 Å². The van der Waals surface area contributed by atoms with E-state index in [2.05, 4.69) is 16.9 Å². The van der Waals surface area contributed by atoms with Crippen molar-refractivity contribution in [2.75, 3.05) is 5.32 Å². The first-order chi connectivity index (χ1) is 7.75. The minimum Gasteiger partial charge on any atom is -0.358 e. The minimum atomic E-state index is 0.607. The molecule has 1 aliphatic carbocycles. The number of aromatic nitrogens is 1. The highest BCUT2D eigenvalue weighted by Crippen LogP contribution is 2.29. The van der Waals surface area contributed by atoms with Crippen molar-refractivity contribution in [1.29, 1.82) is 0 Å². The van der Waals surface area contributed by atoms with Crippen LogP contribution in [-0.4, -0.2) is 12.8 Å². The van der Waals surface area contributed by atoms with E-state index in [1.807, 2.05) is 6.07 Å². The molecule has 1 saturated carbocycles. The zero-order valence-electron chi connectivity index (χ0n) is 9.58. The molecular weight excluding hydrogens is 195 g/mol. The number of nitrogens with one attached hydrogen (secondary N) is 1. The van der Waals surface area contributed by atoms with Gasteiger partial charge in [0.05, 0.1) is 11.9 Å². The maximum Gasteiger partial charge on any atom is 0.116 e. The molecule has 0 unspecified atom stereocenters. The summed E-state index contributed by atoms with van der Waals surface area (Å²) in [6.07, 6.45) is 9.94. The Hall–Kier alpha value is -1.25. The SMILES string of the molecule is [B]c1cncc(NC(=C)C2CCCCC2)c1. The van der Waals surface area contributed by atoms with Gasteiger partial charge in [-0.05, 0) is 24.8 Å². The van der Waals surface area contributed by atoms with E-state index in [-0.39, 0.29) is 0 Å². The van der Waals surface area contributed by atoms with Crippen LogP contribution in [0.15, 0.2) is 30.7 Å². The zero-order valence-corrected chi connectivity index (χ0v) is 9.58. The zero-order chi connectivity index (χ0) is 11.4. The van der Waals surface area contributed by atoms with Gasteiger partial charge in [-0.15, -0.1) is 0 Å². The van der Waals surface area contributed by atoms with E-state index in [0.717, 1.165) is 11.4 Å². The van der Waals surface area contributed by atoms with Gasteiger partial charge < -0.3 is 5.32 Å². The van der Waals surface area contributed by atoms with Gasteiger partial charge in [-0.25, -0.2) is 0 Å². The summed E-state index contributed by atoms with van der Waals surface area (Å²) < 4.78 is 0. The lowest BCUT2D eigenvalue weighted by molar-refractivity contribution is 0.405. The van der Waals surface area contributed by atoms with E-state index in [1.165, 1.54) is 32.1 Å². The van der Waals surface area contributed by atoms with Gasteiger partial charge in [0.25, 0.3) is 0 Å². The van der Waals surface area contributed by atoms with Gasteiger partial charge >= 0.3 is 0 Å². The summed E-state index contributed by atoms with van der Waals surface area (Å²) >= 11 is 0. The summed E-state index contributed by atoms with van der Waals surface area (Å²) in [6, 6.07) is 1.89. The van der Waals surface area contributed by atoms with Gasteiger partial charge in [-0.1, -0.05) is 31.3 Å². The highest BCUT2D eigenvalue weighted by Gasteiger charge is 2.16. The van der Waals surface area contributed by atoms with Crippen LogP contribution in [0.2, 0.25) is 0 Å². The summed E-state index contributed by atoms with van der Waals surface area (Å²) in [7, 11) is 5.68. The fourth-order valence-corrected chi connectivity index (χ4v) is 2.26. The van der Waals surface area contributed by atoms with E-state index < -0.39 is 0 Å². The van der Waals surface area contributed by atoms with Crippen LogP contribution >= 0.6 is 0 Å². The van der Waals surface area contributed by atoms with Gasteiger partial charge in [0, 0.05) is 11.9 Å². The molecule has 1 aliphatic rings. The highest BCUT2D eigenvalue weighted by molar-refractivity contribution is 6.32. The number of anilines is 1. The molecule has 1 N–H and O–H groups in total. The largest absolute Gasteiger partial charge is 0.358 e. The molecule has 0 saturated heterocycles. The van der Waals surface area contributed by atoms with Crippen molar-refractivity contribution in [1.82, 2.24) is 4.98 Å². The Bertz CT molecular complexity index is 370. The predicted molar refractivity (Wildman–Crippen MR) is 69.0 cm³/mol. The average Bonchev–Trinajstić information content (AvgIpc) is 2.30. The quantitative estimate of drug-likeness (QED) is 0.778. The number of hydrogen-bond donors (Lipinski definition) is 1. The molecule has 3 heteroatoms. The molecule has 1 aromatic rings. The van der Waals surface area contributed by atoms with Gasteiger partial charge in [-0.3, -0.25) is 4.98 Å². The van der Waals surface area contributed by atoms with Crippen molar-refractivity contribution in [3.63, 3.8) is 0 Å². The second-order valence-corrected chi connectivity index (χ2v) is 4.49. The fourth-order valence-electron chi connectivity index (χ4n) is 2.26. The normalized spacial score (nSPS) is 17.0. The standard InChI is InChI=1S/C13H17BN2/c1-10(11-5-3-2-4-6-11)16-13-7-12(14)8-15-9-13/h7-9,11,16H,1-6H2. The first-order valence-corrected chi connectivity index (χ1v) is 5.92. The van der Waals surface area contributed by atoms with Crippen LogP contribution in [0.1, 0.15) is 32.1 Å². The Labute approximate surface area is 98.6 Å². The second-order valence-electron chi connectivity index (χ2n) is 4.49. The van der Waals surface area contributed by atoms with Crippen LogP contribution in [0, 0.1) is 5.92 Å². The Morgan fingerprint density at radius 3 is 2.75 bits per heavy atom. The first-order valence-electron chi connectivity index (χ1n) is 5.92. The molecule has 0 spiro atoms. The Morgan fingerprint density at radius 2 is 2.06 bits per heavy atom. The predicted octanol–water partition coefficient (Wildman–Crippen LogP) is 2.38. The summed E-state index contributed by atoms with van der Waals surface area (Å²) in [5.41, 5.74) is 2.73. The molecule has 1 aromatic heterocycles. The monoisotopic (exact) mass is 212 g/mol. The van der Waals surface area contributed by atoms with Crippen LogP contribution in [-0.2, 0) is 0 Å². The van der Waals surface area contributed by atoms with E-state index >= 15 is 0 Å². The van der Waals surface area contributed by atoms with Crippen LogP contribution in [0.5, 0.6) is 0 Å². The molecule has 0 aliphatic heterocycles. The van der Waals surface area contributed by atoms with E-state index in [0.29, 0.717) is 11.4 Å². The molecule has 0 amide bonds. The third kappa shape index (κ3) is 2.88.